The number of rotatable bonds is 4. The Bertz CT molecular complexity index is 591. The largest absolute Gasteiger partial charge is 0.293 e. The van der Waals surface area contributed by atoms with E-state index in [4.69, 9.17) is 11.6 Å². The number of nitrogens with zero attached hydrogens (tertiary/aromatic N) is 2. The highest BCUT2D eigenvalue weighted by Gasteiger charge is 2.17. The van der Waals surface area contributed by atoms with Crippen LogP contribution in [0.15, 0.2) is 15.9 Å². The predicted molar refractivity (Wildman–Crippen MR) is 77.7 cm³/mol. The third kappa shape index (κ3) is 2.68. The molecule has 2 aromatic heterocycles. The first-order chi connectivity index (χ1) is 8.52. The van der Waals surface area contributed by atoms with Crippen LogP contribution in [-0.2, 0) is 13.0 Å². The highest BCUT2D eigenvalue weighted by atomic mass is 79.9. The van der Waals surface area contributed by atoms with Crippen LogP contribution in [0, 0.1) is 6.92 Å². The van der Waals surface area contributed by atoms with E-state index >= 15 is 0 Å². The zero-order chi connectivity index (χ0) is 13.3. The number of halogens is 2. The number of Topliss-reactive ketones (excluding diaryl/α,β-unsaturated/α-hetero) is 1. The van der Waals surface area contributed by atoms with Gasteiger partial charge in [-0.3, -0.25) is 9.48 Å². The van der Waals surface area contributed by atoms with E-state index < -0.39 is 0 Å². The molecule has 18 heavy (non-hydrogen) atoms. The van der Waals surface area contributed by atoms with Gasteiger partial charge in [0, 0.05) is 6.54 Å². The van der Waals surface area contributed by atoms with Crippen LogP contribution in [0.3, 0.4) is 0 Å². The molecule has 2 aromatic rings. The van der Waals surface area contributed by atoms with Crippen molar-refractivity contribution in [2.24, 2.45) is 0 Å². The van der Waals surface area contributed by atoms with E-state index in [0.29, 0.717) is 18.0 Å². The van der Waals surface area contributed by atoms with Crippen molar-refractivity contribution in [2.45, 2.75) is 26.8 Å². The summed E-state index contributed by atoms with van der Waals surface area (Å²) in [7, 11) is 0. The van der Waals surface area contributed by atoms with Crippen molar-refractivity contribution in [3.8, 4) is 0 Å². The maximum Gasteiger partial charge on any atom is 0.178 e. The molecule has 0 aliphatic carbocycles. The molecule has 6 heteroatoms. The van der Waals surface area contributed by atoms with Gasteiger partial charge in [0.1, 0.15) is 0 Å². The zero-order valence-corrected chi connectivity index (χ0v) is 13.2. The quantitative estimate of drug-likeness (QED) is 0.780. The van der Waals surface area contributed by atoms with Crippen molar-refractivity contribution in [3.05, 3.63) is 37.2 Å². The second-order valence-corrected chi connectivity index (χ2v) is 6.71. The monoisotopic (exact) mass is 346 g/mol. The van der Waals surface area contributed by atoms with Crippen molar-refractivity contribution in [1.29, 1.82) is 0 Å². The summed E-state index contributed by atoms with van der Waals surface area (Å²) in [6.45, 7) is 4.55. The first kappa shape index (κ1) is 13.8. The van der Waals surface area contributed by atoms with Gasteiger partial charge < -0.3 is 0 Å². The first-order valence-corrected chi connectivity index (χ1v) is 7.52. The van der Waals surface area contributed by atoms with E-state index in [2.05, 4.69) is 21.0 Å². The van der Waals surface area contributed by atoms with Crippen molar-refractivity contribution in [2.75, 3.05) is 0 Å². The van der Waals surface area contributed by atoms with E-state index in [1.54, 1.807) is 4.68 Å². The zero-order valence-electron chi connectivity index (χ0n) is 10.0. The van der Waals surface area contributed by atoms with Gasteiger partial charge in [-0.15, -0.1) is 11.3 Å². The summed E-state index contributed by atoms with van der Waals surface area (Å²) in [6, 6.07) is 3.70. The smallest absolute Gasteiger partial charge is 0.178 e. The van der Waals surface area contributed by atoms with Crippen LogP contribution >= 0.6 is 38.9 Å². The molecule has 0 spiro atoms. The summed E-state index contributed by atoms with van der Waals surface area (Å²) in [6.07, 6.45) is 0.292. The summed E-state index contributed by atoms with van der Waals surface area (Å²) in [5, 5.41) is 4.91. The Hall–Kier alpha value is -0.650. The van der Waals surface area contributed by atoms with Gasteiger partial charge in [0.25, 0.3) is 0 Å². The normalized spacial score (nSPS) is 10.9. The van der Waals surface area contributed by atoms with Crippen molar-refractivity contribution < 1.29 is 4.79 Å². The van der Waals surface area contributed by atoms with Gasteiger partial charge in [-0.25, -0.2) is 0 Å². The molecule has 0 saturated carbocycles. The SMILES string of the molecule is CCn1nc(C)c(Cl)c1CC(=O)c1ccc(Br)s1. The highest BCUT2D eigenvalue weighted by molar-refractivity contribution is 9.11. The van der Waals surface area contributed by atoms with Gasteiger partial charge in [-0.05, 0) is 41.9 Å². The molecule has 96 valence electrons. The van der Waals surface area contributed by atoms with Crippen LogP contribution in [0.2, 0.25) is 5.02 Å². The molecule has 0 N–H and O–H groups in total. The number of hydrogen-bond donors (Lipinski definition) is 0. The second kappa shape index (κ2) is 5.55. The van der Waals surface area contributed by atoms with Crippen LogP contribution in [0.25, 0.3) is 0 Å². The van der Waals surface area contributed by atoms with Gasteiger partial charge >= 0.3 is 0 Å². The number of thiophene rings is 1. The summed E-state index contributed by atoms with van der Waals surface area (Å²) in [5.41, 5.74) is 1.57. The second-order valence-electron chi connectivity index (χ2n) is 3.87. The van der Waals surface area contributed by atoms with E-state index in [0.717, 1.165) is 20.1 Å². The fraction of sp³-hybridized carbons (Fsp3) is 0.333. The first-order valence-electron chi connectivity index (χ1n) is 5.53. The molecule has 0 bridgehead atoms. The minimum atomic E-state index is 0.0715. The molecule has 0 radical (unpaired) electrons. The number of carbonyl (C=O) groups excluding carboxylic acids is 1. The van der Waals surface area contributed by atoms with Gasteiger partial charge in [0.05, 0.1) is 31.5 Å². The average Bonchev–Trinajstić information content (AvgIpc) is 2.88. The Morgan fingerprint density at radius 3 is 2.83 bits per heavy atom. The Balaban J connectivity index is 2.26. The summed E-state index contributed by atoms with van der Waals surface area (Å²) in [5.74, 6) is 0.0715. The molecule has 0 aliphatic heterocycles. The Morgan fingerprint density at radius 1 is 1.56 bits per heavy atom. The Morgan fingerprint density at radius 2 is 2.28 bits per heavy atom. The van der Waals surface area contributed by atoms with Crippen LogP contribution in [-0.4, -0.2) is 15.6 Å². The summed E-state index contributed by atoms with van der Waals surface area (Å²) in [4.78, 5) is 12.9. The molecule has 3 nitrogen and oxygen atoms in total. The lowest BCUT2D eigenvalue weighted by Crippen LogP contribution is -2.09. The topological polar surface area (TPSA) is 34.9 Å². The van der Waals surface area contributed by atoms with E-state index in [1.807, 2.05) is 26.0 Å². The third-order valence-corrected chi connectivity index (χ3v) is 4.79. The lowest BCUT2D eigenvalue weighted by molar-refractivity contribution is 0.0994. The maximum atomic E-state index is 12.1. The maximum absolute atomic E-state index is 12.1. The molecular formula is C12H12BrClN2OS. The van der Waals surface area contributed by atoms with E-state index in [1.165, 1.54) is 11.3 Å². The lowest BCUT2D eigenvalue weighted by Gasteiger charge is -2.03. The standard InChI is InChI=1S/C12H12BrClN2OS/c1-3-16-8(12(14)7(2)15-16)6-9(17)10-4-5-11(13)18-10/h4-5H,3,6H2,1-2H3. The number of aromatic nitrogens is 2. The van der Waals surface area contributed by atoms with Gasteiger partial charge in [-0.1, -0.05) is 11.6 Å². The van der Waals surface area contributed by atoms with Gasteiger partial charge in [0.2, 0.25) is 0 Å². The third-order valence-electron chi connectivity index (χ3n) is 2.63. The number of aryl methyl sites for hydroxylation is 2. The van der Waals surface area contributed by atoms with Crippen LogP contribution in [0.1, 0.15) is 28.0 Å². The molecule has 2 heterocycles. The number of carbonyl (C=O) groups is 1. The summed E-state index contributed by atoms with van der Waals surface area (Å²) >= 11 is 11.0. The minimum Gasteiger partial charge on any atom is -0.293 e. The highest BCUT2D eigenvalue weighted by Crippen LogP contribution is 2.26. The Labute approximate surface area is 123 Å². The van der Waals surface area contributed by atoms with Gasteiger partial charge in [-0.2, -0.15) is 5.10 Å². The van der Waals surface area contributed by atoms with Crippen LogP contribution in [0.4, 0.5) is 0 Å². The van der Waals surface area contributed by atoms with Gasteiger partial charge in [0.15, 0.2) is 5.78 Å². The minimum absolute atomic E-state index is 0.0715. The fourth-order valence-corrected chi connectivity index (χ4v) is 3.27. The van der Waals surface area contributed by atoms with E-state index in [-0.39, 0.29) is 5.78 Å². The molecule has 0 atom stereocenters. The van der Waals surface area contributed by atoms with E-state index in [9.17, 15) is 4.79 Å². The number of hydrogen-bond acceptors (Lipinski definition) is 3. The molecule has 2 rings (SSSR count). The molecule has 0 fully saturated rings. The predicted octanol–water partition coefficient (Wildman–Crippen LogP) is 4.11. The molecule has 0 aliphatic rings. The number of ketones is 1. The molecule has 0 aromatic carbocycles. The molecule has 0 amide bonds. The molecule has 0 unspecified atom stereocenters. The Kier molecular flexibility index (Phi) is 4.25. The summed E-state index contributed by atoms with van der Waals surface area (Å²) < 4.78 is 2.75. The fourth-order valence-electron chi connectivity index (χ4n) is 1.74. The van der Waals surface area contributed by atoms with Crippen LogP contribution in [0.5, 0.6) is 0 Å². The van der Waals surface area contributed by atoms with Crippen molar-refractivity contribution in [3.63, 3.8) is 0 Å². The van der Waals surface area contributed by atoms with Crippen molar-refractivity contribution >= 4 is 44.7 Å². The average molecular weight is 348 g/mol. The molecular weight excluding hydrogens is 336 g/mol. The lowest BCUT2D eigenvalue weighted by atomic mass is 10.2. The van der Waals surface area contributed by atoms with Crippen LogP contribution < -0.4 is 0 Å². The molecule has 0 saturated heterocycles. The van der Waals surface area contributed by atoms with Crippen molar-refractivity contribution in [1.82, 2.24) is 9.78 Å².